The first kappa shape index (κ1) is 18.4. The van der Waals surface area contributed by atoms with Crippen molar-refractivity contribution in [1.29, 1.82) is 5.26 Å². The van der Waals surface area contributed by atoms with Gasteiger partial charge in [0, 0.05) is 31.0 Å². The van der Waals surface area contributed by atoms with Gasteiger partial charge in [-0.05, 0) is 30.5 Å². The van der Waals surface area contributed by atoms with Crippen LogP contribution >= 0.6 is 15.9 Å². The zero-order valence-corrected chi connectivity index (χ0v) is 16.1. The van der Waals surface area contributed by atoms with Crippen LogP contribution in [0.2, 0.25) is 0 Å². The molecule has 5 nitrogen and oxygen atoms in total. The summed E-state index contributed by atoms with van der Waals surface area (Å²) in [6.07, 6.45) is 4.25. The fraction of sp³-hybridized carbons (Fsp3) is 0.579. The van der Waals surface area contributed by atoms with E-state index in [0.29, 0.717) is 12.2 Å². The van der Waals surface area contributed by atoms with Gasteiger partial charge in [-0.25, -0.2) is 0 Å². The molecule has 0 aromatic heterocycles. The molecule has 2 atom stereocenters. The van der Waals surface area contributed by atoms with Crippen molar-refractivity contribution in [3.63, 3.8) is 0 Å². The largest absolute Gasteiger partial charge is 0.370 e. The quantitative estimate of drug-likeness (QED) is 0.839. The summed E-state index contributed by atoms with van der Waals surface area (Å²) >= 11 is 3.58. The number of benzene rings is 1. The Kier molecular flexibility index (Phi) is 5.78. The fourth-order valence-electron chi connectivity index (χ4n) is 4.02. The van der Waals surface area contributed by atoms with Crippen molar-refractivity contribution >= 4 is 21.8 Å². The second-order valence-electron chi connectivity index (χ2n) is 7.04. The number of hydrogen-bond donors (Lipinski definition) is 1. The van der Waals surface area contributed by atoms with E-state index in [2.05, 4.69) is 32.2 Å². The van der Waals surface area contributed by atoms with Crippen LogP contribution in [-0.4, -0.2) is 42.1 Å². The molecule has 134 valence electrons. The highest BCUT2D eigenvalue weighted by Crippen LogP contribution is 2.35. The molecule has 1 aromatic rings. The lowest BCUT2D eigenvalue weighted by atomic mass is 9.78. The molecule has 2 fully saturated rings. The number of ether oxygens (including phenoxy) is 1. The number of carbonyl (C=O) groups excluding carboxylic acids is 1. The molecule has 2 aliphatic rings. The predicted molar refractivity (Wildman–Crippen MR) is 98.9 cm³/mol. The van der Waals surface area contributed by atoms with Gasteiger partial charge >= 0.3 is 0 Å². The van der Waals surface area contributed by atoms with Crippen LogP contribution in [0.5, 0.6) is 0 Å². The number of nitriles is 1. The molecular weight excluding hydrogens is 382 g/mol. The second kappa shape index (κ2) is 7.86. The van der Waals surface area contributed by atoms with Crippen molar-refractivity contribution in [3.8, 4) is 6.07 Å². The Hall–Kier alpha value is -1.42. The Labute approximate surface area is 157 Å². The van der Waals surface area contributed by atoms with Gasteiger partial charge < -0.3 is 10.1 Å². The normalized spacial score (nSPS) is 27.0. The number of carbonyl (C=O) groups is 1. The van der Waals surface area contributed by atoms with Crippen LogP contribution in [0.1, 0.15) is 43.7 Å². The lowest BCUT2D eigenvalue weighted by Crippen LogP contribution is -2.63. The van der Waals surface area contributed by atoms with E-state index < -0.39 is 0 Å². The summed E-state index contributed by atoms with van der Waals surface area (Å²) in [4.78, 5) is 14.0. The molecule has 0 unspecified atom stereocenters. The molecule has 1 aliphatic heterocycles. The van der Waals surface area contributed by atoms with Crippen LogP contribution in [0, 0.1) is 11.3 Å². The van der Waals surface area contributed by atoms with Crippen molar-refractivity contribution in [1.82, 2.24) is 10.2 Å². The highest BCUT2D eigenvalue weighted by molar-refractivity contribution is 9.10. The molecule has 1 saturated heterocycles. The van der Waals surface area contributed by atoms with Crippen LogP contribution < -0.4 is 5.32 Å². The average molecular weight is 406 g/mol. The highest BCUT2D eigenvalue weighted by atomic mass is 79.9. The van der Waals surface area contributed by atoms with E-state index in [4.69, 9.17) is 10.00 Å². The van der Waals surface area contributed by atoms with Crippen LogP contribution in [0.15, 0.2) is 22.7 Å². The summed E-state index contributed by atoms with van der Waals surface area (Å²) in [7, 11) is 0. The summed E-state index contributed by atoms with van der Waals surface area (Å²) in [6, 6.07) is 7.99. The van der Waals surface area contributed by atoms with Crippen LogP contribution in [0.25, 0.3) is 0 Å². The minimum absolute atomic E-state index is 0.0156. The van der Waals surface area contributed by atoms with E-state index in [1.165, 1.54) is 5.56 Å². The molecule has 1 saturated carbocycles. The number of amides is 1. The molecular formula is C19H24BrN3O2. The van der Waals surface area contributed by atoms with Gasteiger partial charge in [0.1, 0.15) is 5.60 Å². The van der Waals surface area contributed by atoms with Crippen LogP contribution in [-0.2, 0) is 16.1 Å². The third kappa shape index (κ3) is 4.22. The number of rotatable bonds is 3. The lowest BCUT2D eigenvalue weighted by Gasteiger charge is -2.49. The second-order valence-corrected chi connectivity index (χ2v) is 7.90. The molecule has 1 heterocycles. The SMILES string of the molecule is CC(=O)N[C@@H]1CCCC[C@]12CN(Cc1ccc(C#N)cc1Br)CCO2. The van der Waals surface area contributed by atoms with Gasteiger partial charge in [-0.1, -0.05) is 34.8 Å². The first-order valence-electron chi connectivity index (χ1n) is 8.84. The van der Waals surface area contributed by atoms with Gasteiger partial charge in [-0.15, -0.1) is 0 Å². The summed E-state index contributed by atoms with van der Waals surface area (Å²) in [5.74, 6) is 0.0156. The number of morpholine rings is 1. The maximum atomic E-state index is 11.6. The number of nitrogens with one attached hydrogen (secondary N) is 1. The third-order valence-corrected chi connectivity index (χ3v) is 5.96. The summed E-state index contributed by atoms with van der Waals surface area (Å²) in [5.41, 5.74) is 1.55. The van der Waals surface area contributed by atoms with Crippen molar-refractivity contribution in [3.05, 3.63) is 33.8 Å². The first-order valence-corrected chi connectivity index (χ1v) is 9.64. The standard InChI is InChI=1S/C19H24BrN3O2/c1-14(24)22-18-4-2-3-7-19(18)13-23(8-9-25-19)12-16-6-5-15(11-21)10-17(16)20/h5-6,10,18H,2-4,7-9,12-13H2,1H3,(H,22,24)/t18-,19+/m1/s1. The Balaban J connectivity index is 1.74. The molecule has 25 heavy (non-hydrogen) atoms. The summed E-state index contributed by atoms with van der Waals surface area (Å²) in [5, 5.41) is 12.1. The van der Waals surface area contributed by atoms with E-state index >= 15 is 0 Å². The lowest BCUT2D eigenvalue weighted by molar-refractivity contribution is -0.150. The molecule has 6 heteroatoms. The molecule has 1 amide bonds. The molecule has 1 N–H and O–H groups in total. The minimum Gasteiger partial charge on any atom is -0.370 e. The molecule has 3 rings (SSSR count). The molecule has 1 aromatic carbocycles. The van der Waals surface area contributed by atoms with E-state index in [1.807, 2.05) is 18.2 Å². The van der Waals surface area contributed by atoms with Crippen molar-refractivity contribution < 1.29 is 9.53 Å². The average Bonchev–Trinajstić information content (AvgIpc) is 2.59. The Morgan fingerprint density at radius 1 is 1.52 bits per heavy atom. The first-order chi connectivity index (χ1) is 12.0. The topological polar surface area (TPSA) is 65.4 Å². The van der Waals surface area contributed by atoms with Crippen molar-refractivity contribution in [2.45, 2.75) is 50.8 Å². The van der Waals surface area contributed by atoms with Gasteiger partial charge in [0.15, 0.2) is 0 Å². The number of halogens is 1. The van der Waals surface area contributed by atoms with E-state index in [-0.39, 0.29) is 17.6 Å². The third-order valence-electron chi connectivity index (χ3n) is 5.22. The molecule has 0 radical (unpaired) electrons. The Bertz CT molecular complexity index is 684. The smallest absolute Gasteiger partial charge is 0.217 e. The minimum atomic E-state index is -0.277. The van der Waals surface area contributed by atoms with E-state index in [0.717, 1.165) is 49.8 Å². The monoisotopic (exact) mass is 405 g/mol. The predicted octanol–water partition coefficient (Wildman–Crippen LogP) is 2.97. The van der Waals surface area contributed by atoms with Gasteiger partial charge in [0.2, 0.25) is 5.91 Å². The zero-order chi connectivity index (χ0) is 17.9. The molecule has 0 bridgehead atoms. The van der Waals surface area contributed by atoms with Gasteiger partial charge in [0.25, 0.3) is 0 Å². The maximum Gasteiger partial charge on any atom is 0.217 e. The van der Waals surface area contributed by atoms with Crippen LogP contribution in [0.4, 0.5) is 0 Å². The number of nitrogens with zero attached hydrogens (tertiary/aromatic N) is 2. The van der Waals surface area contributed by atoms with E-state index in [1.54, 1.807) is 6.92 Å². The van der Waals surface area contributed by atoms with Crippen LogP contribution in [0.3, 0.4) is 0 Å². The van der Waals surface area contributed by atoms with Crippen molar-refractivity contribution in [2.24, 2.45) is 0 Å². The fourth-order valence-corrected chi connectivity index (χ4v) is 4.53. The van der Waals surface area contributed by atoms with E-state index in [9.17, 15) is 4.79 Å². The summed E-state index contributed by atoms with van der Waals surface area (Å²) < 4.78 is 7.21. The zero-order valence-electron chi connectivity index (χ0n) is 14.6. The number of hydrogen-bond acceptors (Lipinski definition) is 4. The maximum absolute atomic E-state index is 11.6. The summed E-state index contributed by atoms with van der Waals surface area (Å²) in [6.45, 7) is 4.77. The van der Waals surface area contributed by atoms with Gasteiger partial charge in [0.05, 0.1) is 24.3 Å². The molecule has 1 aliphatic carbocycles. The Morgan fingerprint density at radius 3 is 3.08 bits per heavy atom. The van der Waals surface area contributed by atoms with Gasteiger partial charge in [-0.2, -0.15) is 5.26 Å². The highest BCUT2D eigenvalue weighted by Gasteiger charge is 2.45. The Morgan fingerprint density at radius 2 is 2.36 bits per heavy atom. The molecule has 1 spiro atoms. The van der Waals surface area contributed by atoms with Gasteiger partial charge in [-0.3, -0.25) is 9.69 Å². The van der Waals surface area contributed by atoms with Crippen molar-refractivity contribution in [2.75, 3.05) is 19.7 Å².